The van der Waals surface area contributed by atoms with Crippen LogP contribution in [0, 0.1) is 0 Å². The van der Waals surface area contributed by atoms with Crippen molar-refractivity contribution in [3.63, 3.8) is 0 Å². The van der Waals surface area contributed by atoms with E-state index in [0.717, 1.165) is 6.07 Å². The SMILES string of the molecule is O=S(=O)(Nc1nc(-c2ccccc2C(F)(F)F)nc2ccccc12)c1ccc(Br)cc1. The molecule has 31 heavy (non-hydrogen) atoms. The van der Waals surface area contributed by atoms with Crippen molar-refractivity contribution in [1.82, 2.24) is 9.97 Å². The number of alkyl halides is 3. The zero-order chi connectivity index (χ0) is 22.2. The maximum Gasteiger partial charge on any atom is 0.417 e. The lowest BCUT2D eigenvalue weighted by molar-refractivity contribution is -0.137. The number of fused-ring (bicyclic) bond motifs is 1. The van der Waals surface area contributed by atoms with E-state index in [0.29, 0.717) is 15.4 Å². The molecule has 5 nitrogen and oxygen atoms in total. The van der Waals surface area contributed by atoms with Crippen LogP contribution in [0.15, 0.2) is 82.2 Å². The maximum absolute atomic E-state index is 13.5. The first-order valence-corrected chi connectivity index (χ1v) is 11.1. The minimum absolute atomic E-state index is 0.0179. The van der Waals surface area contributed by atoms with Crippen LogP contribution >= 0.6 is 15.9 Å². The number of para-hydroxylation sites is 1. The molecule has 10 heteroatoms. The lowest BCUT2D eigenvalue weighted by Crippen LogP contribution is -2.15. The molecule has 4 aromatic rings. The van der Waals surface area contributed by atoms with Gasteiger partial charge in [-0.1, -0.05) is 46.3 Å². The number of nitrogens with zero attached hydrogens (tertiary/aromatic N) is 2. The number of rotatable bonds is 4. The topological polar surface area (TPSA) is 72.0 Å². The highest BCUT2D eigenvalue weighted by Gasteiger charge is 2.34. The summed E-state index contributed by atoms with van der Waals surface area (Å²) in [7, 11) is -4.04. The second kappa shape index (κ2) is 7.93. The summed E-state index contributed by atoms with van der Waals surface area (Å²) in [6.07, 6.45) is -4.62. The van der Waals surface area contributed by atoms with Crippen LogP contribution < -0.4 is 4.72 Å². The lowest BCUT2D eigenvalue weighted by atomic mass is 10.1. The quantitative estimate of drug-likeness (QED) is 0.374. The predicted molar refractivity (Wildman–Crippen MR) is 115 cm³/mol. The number of halogens is 4. The molecule has 0 aliphatic rings. The van der Waals surface area contributed by atoms with Crippen molar-refractivity contribution in [2.24, 2.45) is 0 Å². The van der Waals surface area contributed by atoms with Gasteiger partial charge < -0.3 is 0 Å². The fourth-order valence-corrected chi connectivity index (χ4v) is 4.29. The number of sulfonamides is 1. The maximum atomic E-state index is 13.5. The van der Waals surface area contributed by atoms with Gasteiger partial charge in [0.2, 0.25) is 0 Å². The van der Waals surface area contributed by atoms with Crippen LogP contribution in [0.25, 0.3) is 22.3 Å². The van der Waals surface area contributed by atoms with Gasteiger partial charge in [-0.25, -0.2) is 18.4 Å². The molecule has 0 spiro atoms. The molecule has 0 amide bonds. The molecule has 4 rings (SSSR count). The molecule has 158 valence electrons. The average molecular weight is 508 g/mol. The van der Waals surface area contributed by atoms with Crippen molar-refractivity contribution in [3.8, 4) is 11.4 Å². The first-order valence-electron chi connectivity index (χ1n) is 8.87. The van der Waals surface area contributed by atoms with Gasteiger partial charge in [-0.05, 0) is 42.5 Å². The normalized spacial score (nSPS) is 12.1. The Balaban J connectivity index is 1.89. The second-order valence-corrected chi connectivity index (χ2v) is 9.11. The van der Waals surface area contributed by atoms with Crippen molar-refractivity contribution in [2.45, 2.75) is 11.1 Å². The van der Waals surface area contributed by atoms with Crippen LogP contribution in [0.2, 0.25) is 0 Å². The van der Waals surface area contributed by atoms with E-state index < -0.39 is 21.8 Å². The Kier molecular flexibility index (Phi) is 5.44. The molecule has 0 unspecified atom stereocenters. The van der Waals surface area contributed by atoms with E-state index in [1.807, 2.05) is 0 Å². The van der Waals surface area contributed by atoms with Crippen molar-refractivity contribution >= 4 is 42.7 Å². The van der Waals surface area contributed by atoms with E-state index in [2.05, 4.69) is 30.6 Å². The molecule has 3 aromatic carbocycles. The average Bonchev–Trinajstić information content (AvgIpc) is 2.73. The van der Waals surface area contributed by atoms with E-state index in [9.17, 15) is 21.6 Å². The van der Waals surface area contributed by atoms with Crippen LogP contribution in [-0.2, 0) is 16.2 Å². The molecule has 0 bridgehead atoms. The highest BCUT2D eigenvalue weighted by atomic mass is 79.9. The molecule has 1 heterocycles. The van der Waals surface area contributed by atoms with Gasteiger partial charge in [0.15, 0.2) is 11.6 Å². The second-order valence-electron chi connectivity index (χ2n) is 6.52. The van der Waals surface area contributed by atoms with Gasteiger partial charge in [0.1, 0.15) is 0 Å². The van der Waals surface area contributed by atoms with Crippen molar-refractivity contribution in [1.29, 1.82) is 0 Å². The van der Waals surface area contributed by atoms with Gasteiger partial charge in [-0.15, -0.1) is 0 Å². The zero-order valence-electron chi connectivity index (χ0n) is 15.6. The van der Waals surface area contributed by atoms with Gasteiger partial charge in [0.25, 0.3) is 10.0 Å². The van der Waals surface area contributed by atoms with Gasteiger partial charge in [-0.3, -0.25) is 4.72 Å². The Labute approximate surface area is 184 Å². The summed E-state index contributed by atoms with van der Waals surface area (Å²) in [4.78, 5) is 8.39. The number of benzene rings is 3. The van der Waals surface area contributed by atoms with Crippen molar-refractivity contribution < 1.29 is 21.6 Å². The molecule has 0 aliphatic carbocycles. The van der Waals surface area contributed by atoms with Crippen LogP contribution in [0.3, 0.4) is 0 Å². The Hall–Kier alpha value is -2.98. The fraction of sp³-hybridized carbons (Fsp3) is 0.0476. The number of anilines is 1. The highest BCUT2D eigenvalue weighted by Crippen LogP contribution is 2.37. The molecule has 0 radical (unpaired) electrons. The molecule has 0 aliphatic heterocycles. The summed E-state index contributed by atoms with van der Waals surface area (Å²) in [6.45, 7) is 0. The third-order valence-corrected chi connectivity index (χ3v) is 6.32. The van der Waals surface area contributed by atoms with Gasteiger partial charge in [-0.2, -0.15) is 13.2 Å². The monoisotopic (exact) mass is 507 g/mol. The van der Waals surface area contributed by atoms with Gasteiger partial charge in [0, 0.05) is 15.4 Å². The standard InChI is InChI=1S/C21H13BrF3N3O2S/c22-13-9-11-14(12-10-13)31(29,30)28-20-16-6-2-4-8-18(16)26-19(27-20)15-5-1-3-7-17(15)21(23,24)25/h1-12H,(H,26,27,28). The summed E-state index contributed by atoms with van der Waals surface area (Å²) >= 11 is 3.24. The van der Waals surface area contributed by atoms with Crippen molar-refractivity contribution in [3.05, 3.63) is 82.8 Å². The molecule has 0 saturated heterocycles. The summed E-state index contributed by atoms with van der Waals surface area (Å²) < 4.78 is 69.3. The third-order valence-electron chi connectivity index (χ3n) is 4.43. The summed E-state index contributed by atoms with van der Waals surface area (Å²) in [5.41, 5.74) is -0.852. The first kappa shape index (κ1) is 21.3. The van der Waals surface area contributed by atoms with E-state index in [-0.39, 0.29) is 22.1 Å². The largest absolute Gasteiger partial charge is 0.417 e. The molecular formula is C21H13BrF3N3O2S. The van der Waals surface area contributed by atoms with E-state index >= 15 is 0 Å². The van der Waals surface area contributed by atoms with E-state index in [4.69, 9.17) is 0 Å². The van der Waals surface area contributed by atoms with Gasteiger partial charge in [0.05, 0.1) is 16.0 Å². The molecule has 1 aromatic heterocycles. The third kappa shape index (κ3) is 4.40. The van der Waals surface area contributed by atoms with Crippen LogP contribution in [-0.4, -0.2) is 18.4 Å². The van der Waals surface area contributed by atoms with E-state index in [1.165, 1.54) is 30.3 Å². The Morgan fingerprint density at radius 2 is 1.48 bits per heavy atom. The number of aromatic nitrogens is 2. The van der Waals surface area contributed by atoms with Crippen LogP contribution in [0.5, 0.6) is 0 Å². The van der Waals surface area contributed by atoms with Crippen LogP contribution in [0.4, 0.5) is 19.0 Å². The number of hydrogen-bond donors (Lipinski definition) is 1. The molecule has 0 fully saturated rings. The predicted octanol–water partition coefficient (Wildman–Crippen LogP) is 5.88. The Morgan fingerprint density at radius 3 is 2.19 bits per heavy atom. The smallest absolute Gasteiger partial charge is 0.263 e. The number of hydrogen-bond acceptors (Lipinski definition) is 4. The Morgan fingerprint density at radius 1 is 0.839 bits per heavy atom. The van der Waals surface area contributed by atoms with Crippen molar-refractivity contribution in [2.75, 3.05) is 4.72 Å². The fourth-order valence-electron chi connectivity index (χ4n) is 3.00. The van der Waals surface area contributed by atoms with Gasteiger partial charge >= 0.3 is 6.18 Å². The summed E-state index contributed by atoms with van der Waals surface area (Å²) in [5.74, 6) is -0.347. The Bertz CT molecular complexity index is 1380. The molecule has 1 N–H and O–H groups in total. The summed E-state index contributed by atoms with van der Waals surface area (Å²) in [5, 5.41) is 0.358. The number of nitrogens with one attached hydrogen (secondary N) is 1. The molecule has 0 saturated carbocycles. The zero-order valence-corrected chi connectivity index (χ0v) is 18.0. The minimum Gasteiger partial charge on any atom is -0.263 e. The lowest BCUT2D eigenvalue weighted by Gasteiger charge is -2.14. The highest BCUT2D eigenvalue weighted by molar-refractivity contribution is 9.10. The van der Waals surface area contributed by atoms with Crippen LogP contribution in [0.1, 0.15) is 5.56 Å². The first-order chi connectivity index (χ1) is 14.6. The minimum atomic E-state index is -4.62. The molecule has 0 atom stereocenters. The molecular weight excluding hydrogens is 495 g/mol. The summed E-state index contributed by atoms with van der Waals surface area (Å²) in [6, 6.07) is 17.3. The van der Waals surface area contributed by atoms with E-state index in [1.54, 1.807) is 36.4 Å².